The first kappa shape index (κ1) is 18.9. The van der Waals surface area contributed by atoms with Crippen LogP contribution in [-0.2, 0) is 4.74 Å². The van der Waals surface area contributed by atoms with Crippen LogP contribution in [0.1, 0.15) is 17.3 Å². The quantitative estimate of drug-likeness (QED) is 0.458. The Morgan fingerprint density at radius 1 is 1.07 bits per heavy atom. The molecule has 4 aromatic rings. The molecule has 0 aliphatic carbocycles. The van der Waals surface area contributed by atoms with Crippen molar-refractivity contribution in [2.75, 3.05) is 13.7 Å². The van der Waals surface area contributed by atoms with Crippen LogP contribution in [-0.4, -0.2) is 39.3 Å². The minimum Gasteiger partial charge on any atom is -0.497 e. The summed E-state index contributed by atoms with van der Waals surface area (Å²) in [7, 11) is 1.60. The van der Waals surface area contributed by atoms with Crippen LogP contribution < -0.4 is 4.74 Å². The molecule has 7 nitrogen and oxygen atoms in total. The van der Waals surface area contributed by atoms with Crippen LogP contribution in [0, 0.1) is 0 Å². The van der Waals surface area contributed by atoms with Gasteiger partial charge in [0.15, 0.2) is 5.82 Å². The van der Waals surface area contributed by atoms with Crippen LogP contribution >= 0.6 is 11.6 Å². The van der Waals surface area contributed by atoms with Crippen LogP contribution in [0.15, 0.2) is 54.7 Å². The average Bonchev–Trinajstić information content (AvgIpc) is 3.18. The molecule has 4 rings (SSSR count). The van der Waals surface area contributed by atoms with Gasteiger partial charge < -0.3 is 9.47 Å². The van der Waals surface area contributed by atoms with E-state index in [0.717, 1.165) is 11.1 Å². The Bertz CT molecular complexity index is 1170. The Balaban J connectivity index is 1.92. The number of esters is 1. The zero-order valence-corrected chi connectivity index (χ0v) is 16.6. The third-order valence-corrected chi connectivity index (χ3v) is 4.58. The van der Waals surface area contributed by atoms with Gasteiger partial charge in [-0.1, -0.05) is 11.6 Å². The highest BCUT2D eigenvalue weighted by Crippen LogP contribution is 2.28. The van der Waals surface area contributed by atoms with Gasteiger partial charge in [0.25, 0.3) is 5.78 Å². The van der Waals surface area contributed by atoms with E-state index in [0.29, 0.717) is 33.6 Å². The number of benzene rings is 2. The Morgan fingerprint density at radius 3 is 2.41 bits per heavy atom. The van der Waals surface area contributed by atoms with Crippen molar-refractivity contribution < 1.29 is 14.3 Å². The fourth-order valence-corrected chi connectivity index (χ4v) is 3.07. The summed E-state index contributed by atoms with van der Waals surface area (Å²) in [5.41, 5.74) is 2.40. The molecule has 0 aliphatic rings. The highest BCUT2D eigenvalue weighted by molar-refractivity contribution is 6.30. The fourth-order valence-electron chi connectivity index (χ4n) is 2.94. The molecule has 146 valence electrons. The fraction of sp³-hybridized carbons (Fsp3) is 0.143. The lowest BCUT2D eigenvalue weighted by atomic mass is 10.1. The van der Waals surface area contributed by atoms with E-state index in [1.54, 1.807) is 30.7 Å². The number of halogens is 1. The van der Waals surface area contributed by atoms with Crippen molar-refractivity contribution in [3.05, 3.63) is 65.3 Å². The van der Waals surface area contributed by atoms with Crippen molar-refractivity contribution in [3.8, 4) is 28.4 Å². The average molecular weight is 409 g/mol. The molecule has 29 heavy (non-hydrogen) atoms. The SMILES string of the molecule is CCOC(=O)c1cnc2nc(-c3ccc(Cl)cc3)nn2c1-c1ccc(OC)cc1. The van der Waals surface area contributed by atoms with E-state index in [1.165, 1.54) is 6.20 Å². The molecule has 2 heterocycles. The number of carbonyl (C=O) groups excluding carboxylic acids is 1. The molecule has 0 bridgehead atoms. The predicted octanol–water partition coefficient (Wildman–Crippen LogP) is 4.30. The molecule has 0 aliphatic heterocycles. The zero-order valence-electron chi connectivity index (χ0n) is 15.8. The second-order valence-electron chi connectivity index (χ2n) is 6.12. The number of methoxy groups -OCH3 is 1. The number of fused-ring (bicyclic) bond motifs is 1. The first-order valence-electron chi connectivity index (χ1n) is 8.94. The molecule has 2 aromatic carbocycles. The monoisotopic (exact) mass is 408 g/mol. The summed E-state index contributed by atoms with van der Waals surface area (Å²) in [5.74, 6) is 1.08. The van der Waals surface area contributed by atoms with Gasteiger partial charge in [-0.05, 0) is 55.5 Å². The second-order valence-corrected chi connectivity index (χ2v) is 6.56. The van der Waals surface area contributed by atoms with E-state index < -0.39 is 5.97 Å². The Morgan fingerprint density at radius 2 is 1.76 bits per heavy atom. The Hall–Kier alpha value is -3.45. The van der Waals surface area contributed by atoms with Crippen LogP contribution in [0.4, 0.5) is 0 Å². The van der Waals surface area contributed by atoms with Crippen molar-refractivity contribution in [1.29, 1.82) is 0 Å². The largest absolute Gasteiger partial charge is 0.497 e. The lowest BCUT2D eigenvalue weighted by Gasteiger charge is -2.10. The number of hydrogen-bond acceptors (Lipinski definition) is 6. The second kappa shape index (κ2) is 7.89. The number of carbonyl (C=O) groups is 1. The lowest BCUT2D eigenvalue weighted by molar-refractivity contribution is 0.0526. The van der Waals surface area contributed by atoms with Crippen molar-refractivity contribution in [1.82, 2.24) is 19.6 Å². The van der Waals surface area contributed by atoms with Crippen LogP contribution in [0.3, 0.4) is 0 Å². The molecule has 0 saturated heterocycles. The summed E-state index contributed by atoms with van der Waals surface area (Å²) in [5, 5.41) is 5.22. The van der Waals surface area contributed by atoms with Gasteiger partial charge in [-0.15, -0.1) is 5.10 Å². The summed E-state index contributed by atoms with van der Waals surface area (Å²) < 4.78 is 12.0. The van der Waals surface area contributed by atoms with E-state index >= 15 is 0 Å². The summed E-state index contributed by atoms with van der Waals surface area (Å²) in [6.45, 7) is 2.01. The van der Waals surface area contributed by atoms with Crippen molar-refractivity contribution in [2.45, 2.75) is 6.92 Å². The van der Waals surface area contributed by atoms with Crippen molar-refractivity contribution >= 4 is 23.3 Å². The number of hydrogen-bond donors (Lipinski definition) is 0. The maximum atomic E-state index is 12.6. The van der Waals surface area contributed by atoms with E-state index in [1.807, 2.05) is 36.4 Å². The van der Waals surface area contributed by atoms with Crippen LogP contribution in [0.25, 0.3) is 28.4 Å². The molecule has 8 heteroatoms. The van der Waals surface area contributed by atoms with E-state index in [9.17, 15) is 4.79 Å². The smallest absolute Gasteiger partial charge is 0.341 e. The van der Waals surface area contributed by atoms with Gasteiger partial charge in [0.05, 0.1) is 19.4 Å². The summed E-state index contributed by atoms with van der Waals surface area (Å²) in [4.78, 5) is 21.4. The van der Waals surface area contributed by atoms with E-state index in [2.05, 4.69) is 15.1 Å². The van der Waals surface area contributed by atoms with Gasteiger partial charge in [0.2, 0.25) is 0 Å². The van der Waals surface area contributed by atoms with Crippen LogP contribution in [0.5, 0.6) is 5.75 Å². The third-order valence-electron chi connectivity index (χ3n) is 4.33. The van der Waals surface area contributed by atoms with Crippen molar-refractivity contribution in [3.63, 3.8) is 0 Å². The minimum absolute atomic E-state index is 0.256. The molecule has 0 fully saturated rings. The molecule has 0 saturated carbocycles. The standard InChI is InChI=1S/C21H17ClN4O3/c1-3-29-20(27)17-12-23-21-24-19(14-4-8-15(22)9-5-14)25-26(21)18(17)13-6-10-16(28-2)11-7-13/h4-12H,3H2,1-2H3. The Kier molecular flexibility index (Phi) is 5.14. The summed E-state index contributed by atoms with van der Waals surface area (Å²) >= 11 is 5.97. The van der Waals surface area contributed by atoms with Crippen LogP contribution in [0.2, 0.25) is 5.02 Å². The zero-order chi connectivity index (χ0) is 20.4. The number of nitrogens with zero attached hydrogens (tertiary/aromatic N) is 4. The molecule has 2 aromatic heterocycles. The minimum atomic E-state index is -0.476. The molecular formula is C21H17ClN4O3. The van der Waals surface area contributed by atoms with Gasteiger partial charge in [-0.25, -0.2) is 9.78 Å². The normalized spacial score (nSPS) is 10.9. The first-order valence-corrected chi connectivity index (χ1v) is 9.31. The highest BCUT2D eigenvalue weighted by Gasteiger charge is 2.21. The first-order chi connectivity index (χ1) is 14.1. The van der Waals surface area contributed by atoms with E-state index in [4.69, 9.17) is 21.1 Å². The number of rotatable bonds is 5. The van der Waals surface area contributed by atoms with Crippen molar-refractivity contribution in [2.24, 2.45) is 0 Å². The molecule has 0 amide bonds. The molecule has 0 unspecified atom stereocenters. The highest BCUT2D eigenvalue weighted by atomic mass is 35.5. The molecule has 0 N–H and O–H groups in total. The molecular weight excluding hydrogens is 392 g/mol. The van der Waals surface area contributed by atoms with E-state index in [-0.39, 0.29) is 6.61 Å². The summed E-state index contributed by atoms with van der Waals surface area (Å²) in [6, 6.07) is 14.5. The molecule has 0 atom stereocenters. The lowest BCUT2D eigenvalue weighted by Crippen LogP contribution is -2.11. The van der Waals surface area contributed by atoms with Gasteiger partial charge in [-0.3, -0.25) is 0 Å². The number of aromatic nitrogens is 4. The molecule has 0 spiro atoms. The predicted molar refractivity (Wildman–Crippen MR) is 109 cm³/mol. The van der Waals surface area contributed by atoms with Gasteiger partial charge >= 0.3 is 5.97 Å². The topological polar surface area (TPSA) is 78.6 Å². The number of ether oxygens (including phenoxy) is 2. The van der Waals surface area contributed by atoms with Gasteiger partial charge in [0.1, 0.15) is 11.3 Å². The summed E-state index contributed by atoms with van der Waals surface area (Å²) in [6.07, 6.45) is 1.47. The van der Waals surface area contributed by atoms with Gasteiger partial charge in [0, 0.05) is 22.3 Å². The maximum absolute atomic E-state index is 12.6. The van der Waals surface area contributed by atoms with Gasteiger partial charge in [-0.2, -0.15) is 9.50 Å². The Labute approximate surface area is 171 Å². The third kappa shape index (κ3) is 3.64. The maximum Gasteiger partial charge on any atom is 0.341 e. The molecule has 0 radical (unpaired) electrons.